The van der Waals surface area contributed by atoms with Gasteiger partial charge in [0, 0.05) is 37.8 Å². The molecule has 3 rings (SSSR count). The fourth-order valence-electron chi connectivity index (χ4n) is 4.22. The van der Waals surface area contributed by atoms with E-state index in [9.17, 15) is 4.79 Å². The summed E-state index contributed by atoms with van der Waals surface area (Å²) in [6.45, 7) is 5.99. The van der Waals surface area contributed by atoms with Gasteiger partial charge < -0.3 is 15.1 Å². The number of hydrogen-bond donors (Lipinski definition) is 1. The number of para-hydroxylation sites is 1. The molecule has 1 saturated heterocycles. The normalized spacial score (nSPS) is 22.1. The number of benzene rings is 1. The lowest BCUT2D eigenvalue weighted by Crippen LogP contribution is -2.44. The molecule has 0 radical (unpaired) electrons. The van der Waals surface area contributed by atoms with Gasteiger partial charge in [-0.1, -0.05) is 18.2 Å². The average molecular weight is 402 g/mol. The van der Waals surface area contributed by atoms with E-state index in [1.54, 1.807) is 0 Å². The van der Waals surface area contributed by atoms with Crippen molar-refractivity contribution in [1.82, 2.24) is 10.2 Å². The van der Waals surface area contributed by atoms with Crippen molar-refractivity contribution < 1.29 is 4.79 Å². The maximum Gasteiger partial charge on any atom is 0.224 e. The van der Waals surface area contributed by atoms with E-state index in [0.717, 1.165) is 39.0 Å². The number of aryl methyl sites for hydroxylation is 1. The second-order valence-electron chi connectivity index (χ2n) is 7.37. The number of carbonyl (C=O) groups is 1. The van der Waals surface area contributed by atoms with Crippen LogP contribution in [0.25, 0.3) is 0 Å². The number of fused-ring (bicyclic) bond motifs is 1. The smallest absolute Gasteiger partial charge is 0.224 e. The number of amides is 1. The Morgan fingerprint density at radius 3 is 2.77 bits per heavy atom. The Kier molecular flexibility index (Phi) is 9.77. The Morgan fingerprint density at radius 2 is 2.00 bits per heavy atom. The second kappa shape index (κ2) is 11.0. The van der Waals surface area contributed by atoms with Crippen LogP contribution in [-0.2, 0) is 11.2 Å². The maximum absolute atomic E-state index is 12.7. The van der Waals surface area contributed by atoms with Gasteiger partial charge in [-0.25, -0.2) is 0 Å². The summed E-state index contributed by atoms with van der Waals surface area (Å²) in [6.07, 6.45) is 5.34. The van der Waals surface area contributed by atoms with Gasteiger partial charge in [0.25, 0.3) is 0 Å². The van der Waals surface area contributed by atoms with Gasteiger partial charge in [-0.05, 0) is 63.7 Å². The van der Waals surface area contributed by atoms with Crippen molar-refractivity contribution in [3.63, 3.8) is 0 Å². The van der Waals surface area contributed by atoms with Gasteiger partial charge in [-0.15, -0.1) is 24.8 Å². The predicted octanol–water partition coefficient (Wildman–Crippen LogP) is 3.52. The lowest BCUT2D eigenvalue weighted by atomic mass is 9.96. The van der Waals surface area contributed by atoms with Crippen LogP contribution >= 0.6 is 24.8 Å². The summed E-state index contributed by atoms with van der Waals surface area (Å²) in [5.74, 6) is 0.938. The van der Waals surface area contributed by atoms with E-state index in [1.807, 2.05) is 7.05 Å². The molecule has 2 aliphatic heterocycles. The number of likely N-dealkylation sites (tertiary alicyclic amines) is 1. The molecule has 0 bridgehead atoms. The number of carbonyl (C=O) groups excluding carboxylic acids is 1. The lowest BCUT2D eigenvalue weighted by molar-refractivity contribution is -0.132. The Morgan fingerprint density at radius 1 is 1.23 bits per heavy atom. The number of nitrogens with one attached hydrogen (secondary N) is 1. The molecule has 148 valence electrons. The molecule has 0 spiro atoms. The average Bonchev–Trinajstić information content (AvgIpc) is 2.61. The van der Waals surface area contributed by atoms with Crippen LogP contribution in [0.1, 0.15) is 38.2 Å². The fourth-order valence-corrected chi connectivity index (χ4v) is 4.22. The third-order valence-electron chi connectivity index (χ3n) is 5.60. The van der Waals surface area contributed by atoms with Gasteiger partial charge in [0.1, 0.15) is 0 Å². The van der Waals surface area contributed by atoms with Gasteiger partial charge in [-0.3, -0.25) is 4.79 Å². The molecule has 2 atom stereocenters. The highest BCUT2D eigenvalue weighted by Crippen LogP contribution is 2.30. The standard InChI is InChI=1S/C20H31N3O.2ClH/c1-16-9-10-18-7-3-4-8-19(18)23(16)13-11-20(24)22-12-5-6-17(15-22)14-21-2;;/h3-4,7-8,16-17,21H,5-6,9-15H2,1-2H3;2*1H. The summed E-state index contributed by atoms with van der Waals surface area (Å²) in [5.41, 5.74) is 2.76. The summed E-state index contributed by atoms with van der Waals surface area (Å²) < 4.78 is 0. The summed E-state index contributed by atoms with van der Waals surface area (Å²) in [5, 5.41) is 3.25. The Bertz CT molecular complexity index is 568. The molecule has 26 heavy (non-hydrogen) atoms. The van der Waals surface area contributed by atoms with Crippen LogP contribution in [0.4, 0.5) is 5.69 Å². The van der Waals surface area contributed by atoms with E-state index in [1.165, 1.54) is 24.1 Å². The highest BCUT2D eigenvalue weighted by molar-refractivity contribution is 5.85. The first-order valence-electron chi connectivity index (χ1n) is 9.46. The van der Waals surface area contributed by atoms with Crippen molar-refractivity contribution in [3.05, 3.63) is 29.8 Å². The number of anilines is 1. The maximum atomic E-state index is 12.7. The summed E-state index contributed by atoms with van der Waals surface area (Å²) in [7, 11) is 2.00. The molecule has 0 aliphatic carbocycles. The molecular weight excluding hydrogens is 369 g/mol. The number of nitrogens with zero attached hydrogens (tertiary/aromatic N) is 2. The summed E-state index contributed by atoms with van der Waals surface area (Å²) >= 11 is 0. The molecule has 6 heteroatoms. The molecule has 0 aromatic heterocycles. The number of piperidine rings is 1. The van der Waals surface area contributed by atoms with E-state index in [0.29, 0.717) is 24.3 Å². The molecule has 0 saturated carbocycles. The number of hydrogen-bond acceptors (Lipinski definition) is 3. The topological polar surface area (TPSA) is 35.6 Å². The van der Waals surface area contributed by atoms with Gasteiger partial charge in [-0.2, -0.15) is 0 Å². The van der Waals surface area contributed by atoms with Crippen LogP contribution in [0.15, 0.2) is 24.3 Å². The van der Waals surface area contributed by atoms with E-state index in [2.05, 4.69) is 46.3 Å². The van der Waals surface area contributed by atoms with Gasteiger partial charge in [0.15, 0.2) is 0 Å². The zero-order chi connectivity index (χ0) is 16.9. The Hall–Kier alpha value is -0.970. The predicted molar refractivity (Wildman–Crippen MR) is 114 cm³/mol. The minimum Gasteiger partial charge on any atom is -0.368 e. The Labute approximate surface area is 170 Å². The third-order valence-corrected chi connectivity index (χ3v) is 5.60. The quantitative estimate of drug-likeness (QED) is 0.819. The molecule has 1 aromatic rings. The second-order valence-corrected chi connectivity index (χ2v) is 7.37. The van der Waals surface area contributed by atoms with Crippen LogP contribution in [0.5, 0.6) is 0 Å². The molecule has 1 amide bonds. The molecule has 2 unspecified atom stereocenters. The van der Waals surface area contributed by atoms with E-state index in [4.69, 9.17) is 0 Å². The molecule has 2 heterocycles. The van der Waals surface area contributed by atoms with Gasteiger partial charge in [0.05, 0.1) is 0 Å². The molecular formula is C20H33Cl2N3O. The monoisotopic (exact) mass is 401 g/mol. The van der Waals surface area contributed by atoms with Gasteiger partial charge in [0.2, 0.25) is 5.91 Å². The highest BCUT2D eigenvalue weighted by atomic mass is 35.5. The molecule has 4 nitrogen and oxygen atoms in total. The van der Waals surface area contributed by atoms with Crippen LogP contribution < -0.4 is 10.2 Å². The van der Waals surface area contributed by atoms with Crippen LogP contribution in [0.3, 0.4) is 0 Å². The molecule has 2 aliphatic rings. The highest BCUT2D eigenvalue weighted by Gasteiger charge is 2.26. The van der Waals surface area contributed by atoms with Crippen molar-refractivity contribution in [3.8, 4) is 0 Å². The first-order valence-corrected chi connectivity index (χ1v) is 9.46. The van der Waals surface area contributed by atoms with Crippen molar-refractivity contribution in [2.45, 2.75) is 45.1 Å². The van der Waals surface area contributed by atoms with E-state index in [-0.39, 0.29) is 24.8 Å². The van der Waals surface area contributed by atoms with Crippen LogP contribution in [-0.4, -0.2) is 50.1 Å². The third kappa shape index (κ3) is 5.51. The zero-order valence-corrected chi connectivity index (χ0v) is 17.6. The minimum absolute atomic E-state index is 0. The SMILES string of the molecule is CNCC1CCCN(C(=O)CCN2c3ccccc3CCC2C)C1.Cl.Cl. The first kappa shape index (κ1) is 23.1. The van der Waals surface area contributed by atoms with Gasteiger partial charge >= 0.3 is 0 Å². The fraction of sp³-hybridized carbons (Fsp3) is 0.650. The molecule has 1 N–H and O–H groups in total. The summed E-state index contributed by atoms with van der Waals surface area (Å²) in [6, 6.07) is 9.18. The van der Waals surface area contributed by atoms with E-state index < -0.39 is 0 Å². The van der Waals surface area contributed by atoms with Crippen molar-refractivity contribution in [2.24, 2.45) is 5.92 Å². The Balaban J connectivity index is 0.00000169. The number of halogens is 2. The minimum atomic E-state index is 0. The largest absolute Gasteiger partial charge is 0.368 e. The summed E-state index contributed by atoms with van der Waals surface area (Å²) in [4.78, 5) is 17.2. The van der Waals surface area contributed by atoms with Crippen LogP contribution in [0, 0.1) is 5.92 Å². The molecule has 1 aromatic carbocycles. The lowest BCUT2D eigenvalue weighted by Gasteiger charge is -2.38. The first-order chi connectivity index (χ1) is 11.7. The number of rotatable bonds is 5. The zero-order valence-electron chi connectivity index (χ0n) is 15.9. The van der Waals surface area contributed by atoms with Crippen LogP contribution in [0.2, 0.25) is 0 Å². The molecule has 1 fully saturated rings. The van der Waals surface area contributed by atoms with Crippen molar-refractivity contribution >= 4 is 36.4 Å². The van der Waals surface area contributed by atoms with Crippen molar-refractivity contribution in [2.75, 3.05) is 38.1 Å². The van der Waals surface area contributed by atoms with Crippen molar-refractivity contribution in [1.29, 1.82) is 0 Å². The van der Waals surface area contributed by atoms with E-state index >= 15 is 0 Å².